The summed E-state index contributed by atoms with van der Waals surface area (Å²) in [6.45, 7) is 0.678. The molecule has 1 heterocycles. The number of rotatable bonds is 4. The van der Waals surface area contributed by atoms with E-state index in [-0.39, 0.29) is 5.91 Å². The number of anilines is 1. The van der Waals surface area contributed by atoms with Crippen molar-refractivity contribution in [1.29, 1.82) is 0 Å². The fourth-order valence-electron chi connectivity index (χ4n) is 2.27. The number of amides is 1. The Morgan fingerprint density at radius 1 is 0.955 bits per heavy atom. The number of hydrogen-bond donors (Lipinski definition) is 1. The standard InChI is InChI=1S/C18H15BrN2O/c19-15-8-10-16(11-9-15)20-18(22)17-7-4-12-21(17)13-14-5-2-1-3-6-14/h1-12H,13H2,(H,20,22). The highest BCUT2D eigenvalue weighted by Gasteiger charge is 2.11. The first kappa shape index (κ1) is 14.6. The first-order valence-electron chi connectivity index (χ1n) is 6.98. The van der Waals surface area contributed by atoms with Gasteiger partial charge < -0.3 is 9.88 Å². The number of aromatic nitrogens is 1. The molecule has 0 aliphatic rings. The third-order valence-corrected chi connectivity index (χ3v) is 3.89. The number of nitrogens with one attached hydrogen (secondary N) is 1. The largest absolute Gasteiger partial charge is 0.339 e. The van der Waals surface area contributed by atoms with Crippen LogP contribution in [0.15, 0.2) is 77.4 Å². The van der Waals surface area contributed by atoms with Crippen molar-refractivity contribution in [3.8, 4) is 0 Å². The van der Waals surface area contributed by atoms with E-state index >= 15 is 0 Å². The second-order valence-electron chi connectivity index (χ2n) is 4.97. The topological polar surface area (TPSA) is 34.0 Å². The second-order valence-corrected chi connectivity index (χ2v) is 5.88. The molecule has 4 heteroatoms. The third kappa shape index (κ3) is 3.46. The van der Waals surface area contributed by atoms with E-state index in [1.54, 1.807) is 0 Å². The number of carbonyl (C=O) groups excluding carboxylic acids is 1. The summed E-state index contributed by atoms with van der Waals surface area (Å²) in [7, 11) is 0. The predicted octanol–water partition coefficient (Wildman–Crippen LogP) is 4.55. The molecule has 0 saturated carbocycles. The van der Waals surface area contributed by atoms with Crippen LogP contribution in [0.3, 0.4) is 0 Å². The Kier molecular flexibility index (Phi) is 4.39. The van der Waals surface area contributed by atoms with Crippen LogP contribution in [0.5, 0.6) is 0 Å². The van der Waals surface area contributed by atoms with Gasteiger partial charge in [0.2, 0.25) is 0 Å². The molecule has 0 aliphatic heterocycles. The van der Waals surface area contributed by atoms with E-state index < -0.39 is 0 Å². The van der Waals surface area contributed by atoms with Gasteiger partial charge in [-0.2, -0.15) is 0 Å². The molecule has 2 aromatic carbocycles. The van der Waals surface area contributed by atoms with Gasteiger partial charge in [0, 0.05) is 22.9 Å². The van der Waals surface area contributed by atoms with E-state index in [0.717, 1.165) is 15.7 Å². The van der Waals surface area contributed by atoms with E-state index in [4.69, 9.17) is 0 Å². The van der Waals surface area contributed by atoms with Crippen molar-refractivity contribution >= 4 is 27.5 Å². The number of nitrogens with zero attached hydrogens (tertiary/aromatic N) is 1. The van der Waals surface area contributed by atoms with Crippen molar-refractivity contribution in [3.63, 3.8) is 0 Å². The summed E-state index contributed by atoms with van der Waals surface area (Å²) < 4.78 is 2.93. The summed E-state index contributed by atoms with van der Waals surface area (Å²) in [5.74, 6) is -0.108. The quantitative estimate of drug-likeness (QED) is 0.732. The van der Waals surface area contributed by atoms with E-state index in [0.29, 0.717) is 12.2 Å². The Labute approximate surface area is 137 Å². The fourth-order valence-corrected chi connectivity index (χ4v) is 2.53. The molecular weight excluding hydrogens is 340 g/mol. The predicted molar refractivity (Wildman–Crippen MR) is 92.1 cm³/mol. The molecule has 3 rings (SSSR count). The van der Waals surface area contributed by atoms with Gasteiger partial charge in [-0.3, -0.25) is 4.79 Å². The summed E-state index contributed by atoms with van der Waals surface area (Å²) in [6.07, 6.45) is 1.92. The maximum atomic E-state index is 12.4. The van der Waals surface area contributed by atoms with Crippen LogP contribution >= 0.6 is 15.9 Å². The molecule has 1 aromatic heterocycles. The van der Waals surface area contributed by atoms with Crippen molar-refractivity contribution in [2.24, 2.45) is 0 Å². The van der Waals surface area contributed by atoms with Gasteiger partial charge in [0.05, 0.1) is 0 Å². The van der Waals surface area contributed by atoms with Crippen LogP contribution in [-0.2, 0) is 6.54 Å². The van der Waals surface area contributed by atoms with Crippen LogP contribution in [0.2, 0.25) is 0 Å². The smallest absolute Gasteiger partial charge is 0.272 e. The Morgan fingerprint density at radius 3 is 2.41 bits per heavy atom. The van der Waals surface area contributed by atoms with Crippen LogP contribution in [0.1, 0.15) is 16.1 Å². The molecule has 0 atom stereocenters. The van der Waals surface area contributed by atoms with E-state index in [9.17, 15) is 4.79 Å². The number of benzene rings is 2. The minimum atomic E-state index is -0.108. The molecule has 3 nitrogen and oxygen atoms in total. The average Bonchev–Trinajstić information content (AvgIpc) is 2.99. The van der Waals surface area contributed by atoms with Crippen LogP contribution in [-0.4, -0.2) is 10.5 Å². The van der Waals surface area contributed by atoms with Crippen molar-refractivity contribution < 1.29 is 4.79 Å². The monoisotopic (exact) mass is 354 g/mol. The Hall–Kier alpha value is -2.33. The van der Waals surface area contributed by atoms with E-state index in [2.05, 4.69) is 33.4 Å². The molecule has 110 valence electrons. The van der Waals surface area contributed by atoms with Crippen LogP contribution in [0.4, 0.5) is 5.69 Å². The normalized spacial score (nSPS) is 10.4. The van der Waals surface area contributed by atoms with Crippen LogP contribution in [0, 0.1) is 0 Å². The minimum absolute atomic E-state index is 0.108. The molecule has 22 heavy (non-hydrogen) atoms. The minimum Gasteiger partial charge on any atom is -0.339 e. The van der Waals surface area contributed by atoms with Crippen molar-refractivity contribution in [3.05, 3.63) is 88.7 Å². The summed E-state index contributed by atoms with van der Waals surface area (Å²) >= 11 is 3.38. The number of halogens is 1. The lowest BCUT2D eigenvalue weighted by atomic mass is 10.2. The van der Waals surface area contributed by atoms with Gasteiger partial charge in [-0.15, -0.1) is 0 Å². The molecule has 3 aromatic rings. The number of hydrogen-bond acceptors (Lipinski definition) is 1. The Balaban J connectivity index is 1.76. The fraction of sp³-hybridized carbons (Fsp3) is 0.0556. The summed E-state index contributed by atoms with van der Waals surface area (Å²) in [5.41, 5.74) is 2.59. The number of carbonyl (C=O) groups is 1. The third-order valence-electron chi connectivity index (χ3n) is 3.36. The van der Waals surface area contributed by atoms with Gasteiger partial charge in [-0.25, -0.2) is 0 Å². The maximum Gasteiger partial charge on any atom is 0.272 e. The SMILES string of the molecule is O=C(Nc1ccc(Br)cc1)c1cccn1Cc1ccccc1. The summed E-state index contributed by atoms with van der Waals surface area (Å²) in [4.78, 5) is 12.4. The highest BCUT2D eigenvalue weighted by atomic mass is 79.9. The molecule has 0 fully saturated rings. The van der Waals surface area contributed by atoms with Gasteiger partial charge in [-0.1, -0.05) is 46.3 Å². The molecule has 1 N–H and O–H groups in total. The highest BCUT2D eigenvalue weighted by Crippen LogP contribution is 2.16. The molecule has 0 unspecified atom stereocenters. The lowest BCUT2D eigenvalue weighted by molar-refractivity contribution is 0.101. The van der Waals surface area contributed by atoms with Crippen molar-refractivity contribution in [2.45, 2.75) is 6.54 Å². The zero-order valence-corrected chi connectivity index (χ0v) is 13.5. The van der Waals surface area contributed by atoms with Gasteiger partial charge in [0.1, 0.15) is 5.69 Å². The maximum absolute atomic E-state index is 12.4. The van der Waals surface area contributed by atoms with E-state index in [1.807, 2.05) is 65.4 Å². The molecular formula is C18H15BrN2O. The molecule has 0 bridgehead atoms. The van der Waals surface area contributed by atoms with Crippen LogP contribution < -0.4 is 5.32 Å². The Bertz CT molecular complexity index is 763. The molecule has 0 spiro atoms. The zero-order chi connectivity index (χ0) is 15.4. The molecule has 0 saturated heterocycles. The zero-order valence-electron chi connectivity index (χ0n) is 11.9. The second kappa shape index (κ2) is 6.62. The summed E-state index contributed by atoms with van der Waals surface area (Å²) in [5, 5.41) is 2.92. The molecule has 1 amide bonds. The molecule has 0 aliphatic carbocycles. The molecule has 0 radical (unpaired) electrons. The summed E-state index contributed by atoms with van der Waals surface area (Å²) in [6, 6.07) is 21.3. The van der Waals surface area contributed by atoms with Crippen molar-refractivity contribution in [2.75, 3.05) is 5.32 Å². The van der Waals surface area contributed by atoms with Crippen LogP contribution in [0.25, 0.3) is 0 Å². The lowest BCUT2D eigenvalue weighted by Gasteiger charge is -2.10. The first-order chi connectivity index (χ1) is 10.7. The van der Waals surface area contributed by atoms with Gasteiger partial charge in [0.15, 0.2) is 0 Å². The van der Waals surface area contributed by atoms with E-state index in [1.165, 1.54) is 0 Å². The van der Waals surface area contributed by atoms with Gasteiger partial charge in [-0.05, 0) is 42.0 Å². The van der Waals surface area contributed by atoms with Gasteiger partial charge in [0.25, 0.3) is 5.91 Å². The highest BCUT2D eigenvalue weighted by molar-refractivity contribution is 9.10. The first-order valence-corrected chi connectivity index (χ1v) is 7.78. The van der Waals surface area contributed by atoms with Crippen molar-refractivity contribution in [1.82, 2.24) is 4.57 Å². The average molecular weight is 355 g/mol. The Morgan fingerprint density at radius 2 is 1.68 bits per heavy atom. The lowest BCUT2D eigenvalue weighted by Crippen LogP contribution is -2.17. The van der Waals surface area contributed by atoms with Gasteiger partial charge >= 0.3 is 0 Å².